The number of nitrogen functional groups attached to an aromatic ring is 1. The van der Waals surface area contributed by atoms with E-state index in [-0.39, 0.29) is 11.8 Å². The third kappa shape index (κ3) is 2.43. The van der Waals surface area contributed by atoms with E-state index in [4.69, 9.17) is 5.84 Å². The van der Waals surface area contributed by atoms with Crippen molar-refractivity contribution in [2.75, 3.05) is 23.8 Å². The SMILES string of the molecule is Cc1c(N2CCC(C(C)O)C2)c(F)cn2c(=O)n(N)c(=O)c(C3CC3)c12. The smallest absolute Gasteiger partial charge is 0.354 e. The van der Waals surface area contributed by atoms with Gasteiger partial charge in [0.1, 0.15) is 0 Å². The summed E-state index contributed by atoms with van der Waals surface area (Å²) in [6, 6.07) is 0. The summed E-state index contributed by atoms with van der Waals surface area (Å²) < 4.78 is 16.7. The van der Waals surface area contributed by atoms with Crippen LogP contribution in [0.4, 0.5) is 10.1 Å². The zero-order chi connectivity index (χ0) is 18.7. The van der Waals surface area contributed by atoms with E-state index in [1.807, 2.05) is 4.90 Å². The van der Waals surface area contributed by atoms with Gasteiger partial charge in [-0.25, -0.2) is 9.18 Å². The molecule has 7 nitrogen and oxygen atoms in total. The van der Waals surface area contributed by atoms with Gasteiger partial charge in [0.2, 0.25) is 0 Å². The summed E-state index contributed by atoms with van der Waals surface area (Å²) in [5, 5.41) is 9.83. The molecule has 1 aliphatic carbocycles. The first-order valence-electron chi connectivity index (χ1n) is 8.99. The monoisotopic (exact) mass is 362 g/mol. The summed E-state index contributed by atoms with van der Waals surface area (Å²) in [6.45, 7) is 4.66. The Balaban J connectivity index is 1.97. The molecule has 2 atom stereocenters. The lowest BCUT2D eigenvalue weighted by atomic mass is 10.0. The molecule has 2 aromatic rings. The molecule has 0 bridgehead atoms. The molecule has 26 heavy (non-hydrogen) atoms. The van der Waals surface area contributed by atoms with Crippen molar-refractivity contribution < 1.29 is 9.50 Å². The molecule has 2 aromatic heterocycles. The fourth-order valence-corrected chi connectivity index (χ4v) is 4.14. The molecule has 2 fully saturated rings. The van der Waals surface area contributed by atoms with Crippen LogP contribution in [0.15, 0.2) is 15.8 Å². The first-order valence-corrected chi connectivity index (χ1v) is 8.99. The second-order valence-electron chi connectivity index (χ2n) is 7.55. The average Bonchev–Trinajstić information content (AvgIpc) is 3.30. The van der Waals surface area contributed by atoms with E-state index in [1.54, 1.807) is 13.8 Å². The molecule has 140 valence electrons. The Morgan fingerprint density at radius 3 is 2.58 bits per heavy atom. The van der Waals surface area contributed by atoms with Crippen molar-refractivity contribution in [3.8, 4) is 0 Å². The molecule has 0 amide bonds. The molecule has 0 aromatic carbocycles. The van der Waals surface area contributed by atoms with E-state index in [1.165, 1.54) is 0 Å². The quantitative estimate of drug-likeness (QED) is 0.785. The van der Waals surface area contributed by atoms with Gasteiger partial charge in [0.25, 0.3) is 5.56 Å². The highest BCUT2D eigenvalue weighted by Crippen LogP contribution is 2.42. The van der Waals surface area contributed by atoms with Crippen LogP contribution in [0.25, 0.3) is 5.52 Å². The van der Waals surface area contributed by atoms with Crippen molar-refractivity contribution in [2.24, 2.45) is 5.92 Å². The number of anilines is 1. The van der Waals surface area contributed by atoms with Crippen LogP contribution in [-0.2, 0) is 0 Å². The van der Waals surface area contributed by atoms with Crippen LogP contribution in [0.1, 0.15) is 43.2 Å². The molecule has 0 radical (unpaired) electrons. The summed E-state index contributed by atoms with van der Waals surface area (Å²) in [4.78, 5) is 26.9. The van der Waals surface area contributed by atoms with Gasteiger partial charge in [-0.2, -0.15) is 4.68 Å². The van der Waals surface area contributed by atoms with Crippen LogP contribution in [0.3, 0.4) is 0 Å². The lowest BCUT2D eigenvalue weighted by molar-refractivity contribution is 0.136. The number of halogens is 1. The summed E-state index contributed by atoms with van der Waals surface area (Å²) in [6.07, 6.45) is 3.17. The molecular formula is C18H23FN4O3. The summed E-state index contributed by atoms with van der Waals surface area (Å²) in [7, 11) is 0. The highest BCUT2D eigenvalue weighted by atomic mass is 19.1. The Kier molecular flexibility index (Phi) is 3.83. The van der Waals surface area contributed by atoms with E-state index >= 15 is 0 Å². The van der Waals surface area contributed by atoms with Crippen LogP contribution < -0.4 is 22.0 Å². The number of aliphatic hydroxyl groups excluding tert-OH is 1. The second-order valence-corrected chi connectivity index (χ2v) is 7.55. The molecule has 3 heterocycles. The van der Waals surface area contributed by atoms with Crippen LogP contribution in [0.5, 0.6) is 0 Å². The topological polar surface area (TPSA) is 93.0 Å². The third-order valence-corrected chi connectivity index (χ3v) is 5.75. The fourth-order valence-electron chi connectivity index (χ4n) is 4.14. The van der Waals surface area contributed by atoms with E-state index < -0.39 is 23.2 Å². The van der Waals surface area contributed by atoms with Crippen molar-refractivity contribution in [2.45, 2.75) is 45.1 Å². The summed E-state index contributed by atoms with van der Waals surface area (Å²) in [5.74, 6) is 5.25. The Morgan fingerprint density at radius 2 is 2.00 bits per heavy atom. The van der Waals surface area contributed by atoms with Crippen LogP contribution in [0, 0.1) is 18.7 Å². The molecule has 1 saturated heterocycles. The number of aliphatic hydroxyl groups is 1. The fraction of sp³-hybridized carbons (Fsp3) is 0.556. The second kappa shape index (κ2) is 5.84. The van der Waals surface area contributed by atoms with E-state index in [0.29, 0.717) is 40.1 Å². The van der Waals surface area contributed by atoms with Gasteiger partial charge in [-0.3, -0.25) is 9.20 Å². The van der Waals surface area contributed by atoms with Crippen LogP contribution in [0.2, 0.25) is 0 Å². The number of aryl methyl sites for hydroxylation is 1. The average molecular weight is 362 g/mol. The Hall–Kier alpha value is -2.35. The molecule has 3 N–H and O–H groups in total. The number of aromatic nitrogens is 2. The predicted molar refractivity (Wildman–Crippen MR) is 96.7 cm³/mol. The number of rotatable bonds is 3. The van der Waals surface area contributed by atoms with Crippen molar-refractivity contribution in [3.63, 3.8) is 0 Å². The highest BCUT2D eigenvalue weighted by Gasteiger charge is 2.34. The van der Waals surface area contributed by atoms with E-state index in [0.717, 1.165) is 29.9 Å². The number of nitrogens with zero attached hydrogens (tertiary/aromatic N) is 3. The standard InChI is InChI=1S/C18H23FN4O3/c1-9-15(21-6-5-12(7-21)10(2)24)13(19)8-22-16(9)14(11-3-4-11)17(25)23(20)18(22)26/h8,10-12,24H,3-7,20H2,1-2H3. The summed E-state index contributed by atoms with van der Waals surface area (Å²) >= 11 is 0. The normalized spacial score (nSPS) is 21.5. The molecule has 8 heteroatoms. The van der Waals surface area contributed by atoms with Crippen molar-refractivity contribution >= 4 is 11.2 Å². The third-order valence-electron chi connectivity index (χ3n) is 5.75. The van der Waals surface area contributed by atoms with Crippen molar-refractivity contribution in [3.05, 3.63) is 44.0 Å². The lowest BCUT2D eigenvalue weighted by Gasteiger charge is -2.24. The first kappa shape index (κ1) is 17.1. The number of nitrogens with two attached hydrogens (primary N) is 1. The molecule has 1 aliphatic heterocycles. The predicted octanol–water partition coefficient (Wildman–Crippen LogP) is 0.707. The van der Waals surface area contributed by atoms with Gasteiger partial charge in [-0.1, -0.05) is 0 Å². The zero-order valence-corrected chi connectivity index (χ0v) is 14.9. The van der Waals surface area contributed by atoms with Gasteiger partial charge in [-0.05, 0) is 39.0 Å². The van der Waals surface area contributed by atoms with Gasteiger partial charge in [0.15, 0.2) is 5.82 Å². The molecule has 2 unspecified atom stereocenters. The molecule has 0 spiro atoms. The largest absolute Gasteiger partial charge is 0.393 e. The number of hydrogen-bond donors (Lipinski definition) is 2. The van der Waals surface area contributed by atoms with Gasteiger partial charge < -0.3 is 15.8 Å². The Labute approximate surface area is 149 Å². The number of pyridine rings is 1. The summed E-state index contributed by atoms with van der Waals surface area (Å²) in [5.41, 5.74) is 0.711. The van der Waals surface area contributed by atoms with Gasteiger partial charge in [-0.15, -0.1) is 0 Å². The molecule has 4 rings (SSSR count). The van der Waals surface area contributed by atoms with E-state index in [9.17, 15) is 19.1 Å². The van der Waals surface area contributed by atoms with Gasteiger partial charge in [0, 0.05) is 30.1 Å². The maximum atomic E-state index is 14.9. The molecular weight excluding hydrogens is 339 g/mol. The van der Waals surface area contributed by atoms with Gasteiger partial charge >= 0.3 is 5.69 Å². The Morgan fingerprint density at radius 1 is 1.31 bits per heavy atom. The zero-order valence-electron chi connectivity index (χ0n) is 14.9. The van der Waals surface area contributed by atoms with Crippen molar-refractivity contribution in [1.82, 2.24) is 9.08 Å². The number of fused-ring (bicyclic) bond motifs is 1. The minimum Gasteiger partial charge on any atom is -0.393 e. The highest BCUT2D eigenvalue weighted by molar-refractivity contribution is 5.72. The maximum Gasteiger partial charge on any atom is 0.354 e. The maximum absolute atomic E-state index is 14.9. The minimum atomic E-state index is -0.744. The van der Waals surface area contributed by atoms with Crippen LogP contribution in [-0.4, -0.2) is 33.4 Å². The minimum absolute atomic E-state index is 0.0636. The number of hydrogen-bond acceptors (Lipinski definition) is 5. The molecule has 1 saturated carbocycles. The lowest BCUT2D eigenvalue weighted by Crippen LogP contribution is -2.44. The first-order chi connectivity index (χ1) is 12.3. The van der Waals surface area contributed by atoms with E-state index in [2.05, 4.69) is 0 Å². The van der Waals surface area contributed by atoms with Gasteiger partial charge in [0.05, 0.1) is 23.5 Å². The molecule has 2 aliphatic rings. The van der Waals surface area contributed by atoms with Crippen molar-refractivity contribution in [1.29, 1.82) is 0 Å². The Bertz CT molecular complexity index is 1010. The van der Waals surface area contributed by atoms with Crippen LogP contribution >= 0.6 is 0 Å².